The number of carbonyl (C=O) groups is 2. The van der Waals surface area contributed by atoms with Crippen LogP contribution < -0.4 is 5.32 Å². The maximum Gasteiger partial charge on any atom is 0.257 e. The monoisotopic (exact) mass is 369 g/mol. The lowest BCUT2D eigenvalue weighted by atomic mass is 9.98. The predicted molar refractivity (Wildman–Crippen MR) is 105 cm³/mol. The Bertz CT molecular complexity index is 791. The molecular weight excluding hydrogens is 342 g/mol. The molecular formula is C21H27N3O3. The lowest BCUT2D eigenvalue weighted by Crippen LogP contribution is -2.50. The molecule has 0 bridgehead atoms. The van der Waals surface area contributed by atoms with Crippen LogP contribution in [0.3, 0.4) is 0 Å². The molecule has 2 aromatic rings. The van der Waals surface area contributed by atoms with Crippen molar-refractivity contribution >= 4 is 17.5 Å². The summed E-state index contributed by atoms with van der Waals surface area (Å²) in [5.74, 6) is 0.313. The van der Waals surface area contributed by atoms with E-state index in [9.17, 15) is 9.59 Å². The van der Waals surface area contributed by atoms with Crippen molar-refractivity contribution in [2.24, 2.45) is 0 Å². The third-order valence-electron chi connectivity index (χ3n) is 4.99. The first kappa shape index (κ1) is 19.2. The van der Waals surface area contributed by atoms with Crippen molar-refractivity contribution < 1.29 is 14.0 Å². The highest BCUT2D eigenvalue weighted by Gasteiger charge is 2.24. The number of anilines is 1. The Morgan fingerprint density at radius 1 is 1.15 bits per heavy atom. The van der Waals surface area contributed by atoms with Gasteiger partial charge in [-0.15, -0.1) is 0 Å². The molecule has 1 fully saturated rings. The molecule has 0 saturated carbocycles. The second-order valence-corrected chi connectivity index (χ2v) is 7.32. The van der Waals surface area contributed by atoms with Crippen LogP contribution in [0.1, 0.15) is 41.3 Å². The minimum atomic E-state index is -0.0191. The Balaban J connectivity index is 1.54. The number of para-hydroxylation sites is 1. The smallest absolute Gasteiger partial charge is 0.257 e. The Morgan fingerprint density at radius 2 is 1.89 bits per heavy atom. The van der Waals surface area contributed by atoms with Gasteiger partial charge in [-0.05, 0) is 30.0 Å². The van der Waals surface area contributed by atoms with Gasteiger partial charge in [-0.25, -0.2) is 0 Å². The van der Waals surface area contributed by atoms with Crippen molar-refractivity contribution in [1.29, 1.82) is 0 Å². The number of hydrogen-bond acceptors (Lipinski definition) is 4. The zero-order valence-electron chi connectivity index (χ0n) is 16.2. The number of rotatable bonds is 5. The number of benzene rings is 1. The van der Waals surface area contributed by atoms with Crippen molar-refractivity contribution in [3.8, 4) is 0 Å². The predicted octanol–water partition coefficient (Wildman–Crippen LogP) is 3.11. The largest absolute Gasteiger partial charge is 0.472 e. The van der Waals surface area contributed by atoms with E-state index < -0.39 is 0 Å². The summed E-state index contributed by atoms with van der Waals surface area (Å²) < 4.78 is 4.98. The Morgan fingerprint density at radius 3 is 2.52 bits per heavy atom. The Kier molecular flexibility index (Phi) is 5.96. The van der Waals surface area contributed by atoms with Crippen molar-refractivity contribution in [3.63, 3.8) is 0 Å². The van der Waals surface area contributed by atoms with Gasteiger partial charge in [0.25, 0.3) is 5.91 Å². The fraction of sp³-hybridized carbons (Fsp3) is 0.429. The molecule has 6 heteroatoms. The number of piperazine rings is 1. The fourth-order valence-electron chi connectivity index (χ4n) is 3.40. The quantitative estimate of drug-likeness (QED) is 0.879. The molecule has 0 radical (unpaired) electrons. The van der Waals surface area contributed by atoms with Gasteiger partial charge in [0.2, 0.25) is 5.91 Å². The maximum absolute atomic E-state index is 12.6. The molecule has 1 aliphatic rings. The second-order valence-electron chi connectivity index (χ2n) is 7.32. The van der Waals surface area contributed by atoms with Crippen LogP contribution in [0.2, 0.25) is 0 Å². The number of carbonyl (C=O) groups excluding carboxylic acids is 2. The van der Waals surface area contributed by atoms with E-state index in [1.165, 1.54) is 12.5 Å². The summed E-state index contributed by atoms with van der Waals surface area (Å²) >= 11 is 0. The van der Waals surface area contributed by atoms with Crippen LogP contribution in [0, 0.1) is 6.92 Å². The Hall–Kier alpha value is -2.60. The van der Waals surface area contributed by atoms with Gasteiger partial charge in [-0.2, -0.15) is 0 Å². The first-order valence-electron chi connectivity index (χ1n) is 9.39. The summed E-state index contributed by atoms with van der Waals surface area (Å²) in [6.45, 7) is 9.18. The average molecular weight is 369 g/mol. The molecule has 0 unspecified atom stereocenters. The van der Waals surface area contributed by atoms with Crippen LogP contribution in [-0.4, -0.2) is 54.3 Å². The van der Waals surface area contributed by atoms with E-state index in [-0.39, 0.29) is 11.8 Å². The van der Waals surface area contributed by atoms with Crippen molar-refractivity contribution in [3.05, 3.63) is 53.5 Å². The summed E-state index contributed by atoms with van der Waals surface area (Å²) in [6.07, 6.45) is 2.97. The van der Waals surface area contributed by atoms with E-state index >= 15 is 0 Å². The van der Waals surface area contributed by atoms with Gasteiger partial charge < -0.3 is 14.6 Å². The highest BCUT2D eigenvalue weighted by molar-refractivity contribution is 5.94. The number of hydrogen-bond donors (Lipinski definition) is 1. The average Bonchev–Trinajstić information content (AvgIpc) is 3.18. The van der Waals surface area contributed by atoms with Crippen molar-refractivity contribution in [2.75, 3.05) is 38.0 Å². The van der Waals surface area contributed by atoms with E-state index in [0.29, 0.717) is 44.2 Å². The van der Waals surface area contributed by atoms with Crippen molar-refractivity contribution in [1.82, 2.24) is 9.80 Å². The molecule has 3 rings (SSSR count). The van der Waals surface area contributed by atoms with Gasteiger partial charge in [-0.3, -0.25) is 14.5 Å². The summed E-state index contributed by atoms with van der Waals surface area (Å²) in [4.78, 5) is 28.8. The van der Waals surface area contributed by atoms with Gasteiger partial charge in [0.05, 0.1) is 18.4 Å². The minimum absolute atomic E-state index is 0.0131. The molecule has 27 heavy (non-hydrogen) atoms. The van der Waals surface area contributed by atoms with Crippen LogP contribution >= 0.6 is 0 Å². The molecule has 0 spiro atoms. The van der Waals surface area contributed by atoms with Crippen LogP contribution in [0.15, 0.2) is 41.2 Å². The van der Waals surface area contributed by atoms with Gasteiger partial charge in [-0.1, -0.05) is 32.0 Å². The van der Waals surface area contributed by atoms with Crippen molar-refractivity contribution in [2.45, 2.75) is 26.7 Å². The van der Waals surface area contributed by atoms with E-state index in [0.717, 1.165) is 16.8 Å². The molecule has 1 saturated heterocycles. The van der Waals surface area contributed by atoms with Crippen LogP contribution in [0.4, 0.5) is 5.69 Å². The summed E-state index contributed by atoms with van der Waals surface area (Å²) in [6, 6.07) is 7.78. The molecule has 1 N–H and O–H groups in total. The van der Waals surface area contributed by atoms with Gasteiger partial charge in [0.15, 0.2) is 0 Å². The van der Waals surface area contributed by atoms with E-state index in [2.05, 4.69) is 30.1 Å². The zero-order valence-corrected chi connectivity index (χ0v) is 16.2. The van der Waals surface area contributed by atoms with E-state index in [1.807, 2.05) is 19.1 Å². The minimum Gasteiger partial charge on any atom is -0.472 e. The first-order chi connectivity index (χ1) is 13.0. The van der Waals surface area contributed by atoms with Gasteiger partial charge >= 0.3 is 0 Å². The molecule has 1 aromatic heterocycles. The summed E-state index contributed by atoms with van der Waals surface area (Å²) in [5, 5.41) is 3.09. The molecule has 6 nitrogen and oxygen atoms in total. The standard InChI is InChI=1S/C21H27N3O3/c1-15(2)18-6-4-5-16(3)20(18)22-19(25)13-23-8-10-24(11-9-23)21(26)17-7-12-27-14-17/h4-7,12,14-15H,8-11,13H2,1-3H3,(H,22,25). The number of nitrogens with zero attached hydrogens (tertiary/aromatic N) is 2. The highest BCUT2D eigenvalue weighted by Crippen LogP contribution is 2.27. The topological polar surface area (TPSA) is 65.8 Å². The highest BCUT2D eigenvalue weighted by atomic mass is 16.3. The Labute approximate surface area is 160 Å². The van der Waals surface area contributed by atoms with E-state index in [1.54, 1.807) is 11.0 Å². The SMILES string of the molecule is Cc1cccc(C(C)C)c1NC(=O)CN1CCN(C(=O)c2ccoc2)CC1. The summed E-state index contributed by atoms with van der Waals surface area (Å²) in [7, 11) is 0. The number of aryl methyl sites for hydroxylation is 1. The summed E-state index contributed by atoms with van der Waals surface area (Å²) in [5.41, 5.74) is 3.72. The molecule has 2 amide bonds. The molecule has 1 aliphatic heterocycles. The molecule has 0 aliphatic carbocycles. The third kappa shape index (κ3) is 4.57. The lowest BCUT2D eigenvalue weighted by Gasteiger charge is -2.34. The lowest BCUT2D eigenvalue weighted by molar-refractivity contribution is -0.117. The van der Waals surface area contributed by atoms with Gasteiger partial charge in [0.1, 0.15) is 6.26 Å². The van der Waals surface area contributed by atoms with Crippen LogP contribution in [0.5, 0.6) is 0 Å². The van der Waals surface area contributed by atoms with Crippen LogP contribution in [0.25, 0.3) is 0 Å². The first-order valence-corrected chi connectivity index (χ1v) is 9.39. The number of amides is 2. The number of furan rings is 1. The normalized spacial score (nSPS) is 15.2. The third-order valence-corrected chi connectivity index (χ3v) is 4.99. The molecule has 0 atom stereocenters. The molecule has 2 heterocycles. The zero-order chi connectivity index (χ0) is 19.4. The van der Waals surface area contributed by atoms with E-state index in [4.69, 9.17) is 4.42 Å². The maximum atomic E-state index is 12.6. The fourth-order valence-corrected chi connectivity index (χ4v) is 3.40. The van der Waals surface area contributed by atoms with Gasteiger partial charge in [0, 0.05) is 31.9 Å². The molecule has 144 valence electrons. The van der Waals surface area contributed by atoms with Crippen LogP contribution in [-0.2, 0) is 4.79 Å². The number of nitrogens with one attached hydrogen (secondary N) is 1. The molecule has 1 aromatic carbocycles. The second kappa shape index (κ2) is 8.39.